The molecule has 0 aliphatic carbocycles. The van der Waals surface area contributed by atoms with E-state index in [4.69, 9.17) is 0 Å². The van der Waals surface area contributed by atoms with Crippen molar-refractivity contribution in [3.8, 4) is 11.3 Å². The number of pyridine rings is 1. The molecule has 21 heavy (non-hydrogen) atoms. The van der Waals surface area contributed by atoms with Crippen molar-refractivity contribution >= 4 is 22.3 Å². The molecule has 0 atom stereocenters. The van der Waals surface area contributed by atoms with E-state index < -0.39 is 0 Å². The standard InChI is InChI=1S/C16H14FN3S/c1-10-3-6-15(18-8-10)20-16-19-14(9-21-16)12-4-5-13(17)11(2)7-12/h3-9H,1-2H3,(H,18,19,20)/p+1. The van der Waals surface area contributed by atoms with Gasteiger partial charge in [-0.1, -0.05) is 11.3 Å². The summed E-state index contributed by atoms with van der Waals surface area (Å²) < 4.78 is 13.3. The highest BCUT2D eigenvalue weighted by Gasteiger charge is 2.10. The van der Waals surface area contributed by atoms with Crippen LogP contribution in [-0.2, 0) is 0 Å². The van der Waals surface area contributed by atoms with Crippen LogP contribution in [0, 0.1) is 19.7 Å². The molecule has 0 saturated carbocycles. The topological polar surface area (TPSA) is 39.1 Å². The molecular formula is C16H15FN3S+. The second kappa shape index (κ2) is 5.61. The lowest BCUT2D eigenvalue weighted by Crippen LogP contribution is -2.09. The Labute approximate surface area is 126 Å². The molecule has 3 nitrogen and oxygen atoms in total. The van der Waals surface area contributed by atoms with E-state index in [1.807, 2.05) is 36.7 Å². The van der Waals surface area contributed by atoms with E-state index in [2.05, 4.69) is 15.3 Å². The normalized spacial score (nSPS) is 10.6. The molecule has 3 rings (SSSR count). The predicted octanol–water partition coefficient (Wildman–Crippen LogP) is 4.12. The number of aromatic nitrogens is 2. The zero-order valence-corrected chi connectivity index (χ0v) is 12.6. The number of aryl methyl sites for hydroxylation is 2. The maximum absolute atomic E-state index is 13.3. The Morgan fingerprint density at radius 1 is 1.19 bits per heavy atom. The lowest BCUT2D eigenvalue weighted by atomic mass is 10.1. The maximum Gasteiger partial charge on any atom is 0.279 e. The number of nitrogens with zero attached hydrogens (tertiary/aromatic N) is 1. The van der Waals surface area contributed by atoms with Gasteiger partial charge in [-0.05, 0) is 49.2 Å². The summed E-state index contributed by atoms with van der Waals surface area (Å²) in [5.74, 6) is 0.693. The van der Waals surface area contributed by atoms with Crippen molar-refractivity contribution in [2.24, 2.45) is 0 Å². The average Bonchev–Trinajstić information content (AvgIpc) is 2.93. The zero-order valence-electron chi connectivity index (χ0n) is 11.8. The number of hydrogen-bond donors (Lipinski definition) is 1. The van der Waals surface area contributed by atoms with E-state index in [9.17, 15) is 4.39 Å². The van der Waals surface area contributed by atoms with Crippen LogP contribution >= 0.6 is 11.3 Å². The Morgan fingerprint density at radius 2 is 2.05 bits per heavy atom. The van der Waals surface area contributed by atoms with Gasteiger partial charge in [0.25, 0.3) is 10.9 Å². The minimum atomic E-state index is -0.193. The van der Waals surface area contributed by atoms with Crippen LogP contribution in [0.1, 0.15) is 11.1 Å². The molecule has 1 aromatic carbocycles. The monoisotopic (exact) mass is 300 g/mol. The fourth-order valence-corrected chi connectivity index (χ4v) is 2.70. The molecule has 2 heterocycles. The van der Waals surface area contributed by atoms with Crippen LogP contribution in [0.15, 0.2) is 41.9 Å². The summed E-state index contributed by atoms with van der Waals surface area (Å²) in [7, 11) is 0. The highest BCUT2D eigenvalue weighted by Crippen LogP contribution is 2.27. The van der Waals surface area contributed by atoms with Gasteiger partial charge in [-0.15, -0.1) is 0 Å². The number of benzene rings is 1. The first-order chi connectivity index (χ1) is 10.1. The molecule has 0 radical (unpaired) electrons. The van der Waals surface area contributed by atoms with E-state index in [0.717, 1.165) is 22.2 Å². The maximum atomic E-state index is 13.3. The van der Waals surface area contributed by atoms with Crippen LogP contribution in [0.3, 0.4) is 0 Å². The van der Waals surface area contributed by atoms with E-state index in [-0.39, 0.29) is 5.82 Å². The fraction of sp³-hybridized carbons (Fsp3) is 0.125. The number of anilines is 2. The van der Waals surface area contributed by atoms with Crippen molar-refractivity contribution in [3.63, 3.8) is 0 Å². The van der Waals surface area contributed by atoms with Gasteiger partial charge in [0, 0.05) is 17.0 Å². The number of hydrogen-bond acceptors (Lipinski definition) is 3. The summed E-state index contributed by atoms with van der Waals surface area (Å²) in [4.78, 5) is 7.69. The van der Waals surface area contributed by atoms with Crippen LogP contribution in [0.2, 0.25) is 0 Å². The SMILES string of the molecule is Cc1ccc(Nc2nc(-c3ccc(F)c(C)c3)cs2)[nH+]c1. The molecule has 0 amide bonds. The molecule has 106 valence electrons. The zero-order chi connectivity index (χ0) is 14.8. The number of thiazole rings is 1. The van der Waals surface area contributed by atoms with Gasteiger partial charge < -0.3 is 0 Å². The molecule has 0 aliphatic rings. The predicted molar refractivity (Wildman–Crippen MR) is 83.3 cm³/mol. The average molecular weight is 300 g/mol. The number of rotatable bonds is 3. The Morgan fingerprint density at radius 3 is 2.76 bits per heavy atom. The highest BCUT2D eigenvalue weighted by molar-refractivity contribution is 7.14. The van der Waals surface area contributed by atoms with Gasteiger partial charge in [0.1, 0.15) is 5.82 Å². The number of H-pyrrole nitrogens is 1. The molecule has 0 bridgehead atoms. The lowest BCUT2D eigenvalue weighted by molar-refractivity contribution is -0.361. The van der Waals surface area contributed by atoms with Gasteiger partial charge in [-0.3, -0.25) is 0 Å². The Bertz CT molecular complexity index is 765. The fourth-order valence-electron chi connectivity index (χ4n) is 1.96. The Kier molecular flexibility index (Phi) is 3.66. The third kappa shape index (κ3) is 3.08. The quantitative estimate of drug-likeness (QED) is 0.790. The van der Waals surface area contributed by atoms with Crippen molar-refractivity contribution in [2.75, 3.05) is 5.32 Å². The summed E-state index contributed by atoms with van der Waals surface area (Å²) in [6.45, 7) is 3.78. The van der Waals surface area contributed by atoms with Crippen molar-refractivity contribution in [1.29, 1.82) is 0 Å². The third-order valence-electron chi connectivity index (χ3n) is 3.17. The number of nitrogens with one attached hydrogen (secondary N) is 2. The summed E-state index contributed by atoms with van der Waals surface area (Å²) >= 11 is 1.52. The second-order valence-corrected chi connectivity index (χ2v) is 5.76. The third-order valence-corrected chi connectivity index (χ3v) is 3.93. The molecule has 0 fully saturated rings. The first kappa shape index (κ1) is 13.7. The first-order valence-corrected chi connectivity index (χ1v) is 7.47. The number of halogens is 1. The van der Waals surface area contributed by atoms with Gasteiger partial charge in [0.15, 0.2) is 0 Å². The summed E-state index contributed by atoms with van der Waals surface area (Å²) in [6, 6.07) is 9.03. The van der Waals surface area contributed by atoms with Gasteiger partial charge >= 0.3 is 0 Å². The molecule has 0 spiro atoms. The minimum Gasteiger partial charge on any atom is -0.247 e. The molecule has 0 aliphatic heterocycles. The molecule has 0 unspecified atom stereocenters. The smallest absolute Gasteiger partial charge is 0.247 e. The largest absolute Gasteiger partial charge is 0.279 e. The molecule has 0 saturated heterocycles. The van der Waals surface area contributed by atoms with Crippen molar-refractivity contribution in [3.05, 3.63) is 58.9 Å². The van der Waals surface area contributed by atoms with Crippen LogP contribution in [0.5, 0.6) is 0 Å². The lowest BCUT2D eigenvalue weighted by Gasteiger charge is -1.99. The first-order valence-electron chi connectivity index (χ1n) is 6.59. The van der Waals surface area contributed by atoms with Crippen molar-refractivity contribution in [2.45, 2.75) is 13.8 Å². The van der Waals surface area contributed by atoms with Crippen molar-refractivity contribution < 1.29 is 9.37 Å². The van der Waals surface area contributed by atoms with Crippen LogP contribution in [0.25, 0.3) is 11.3 Å². The highest BCUT2D eigenvalue weighted by atomic mass is 32.1. The van der Waals surface area contributed by atoms with Crippen LogP contribution < -0.4 is 10.3 Å². The Balaban J connectivity index is 1.82. The second-order valence-electron chi connectivity index (χ2n) is 4.91. The molecular weight excluding hydrogens is 285 g/mol. The van der Waals surface area contributed by atoms with Crippen LogP contribution in [-0.4, -0.2) is 4.98 Å². The molecule has 2 N–H and O–H groups in total. The molecule has 2 aromatic heterocycles. The van der Waals surface area contributed by atoms with E-state index in [1.54, 1.807) is 13.0 Å². The molecule has 5 heteroatoms. The van der Waals surface area contributed by atoms with Gasteiger partial charge in [-0.2, -0.15) is 4.98 Å². The van der Waals surface area contributed by atoms with Gasteiger partial charge in [0.05, 0.1) is 11.9 Å². The molecule has 3 aromatic rings. The van der Waals surface area contributed by atoms with Gasteiger partial charge in [0.2, 0.25) is 0 Å². The minimum absolute atomic E-state index is 0.193. The van der Waals surface area contributed by atoms with Gasteiger partial charge in [-0.25, -0.2) is 14.7 Å². The number of aromatic amines is 1. The Hall–Kier alpha value is -2.27. The van der Waals surface area contributed by atoms with E-state index >= 15 is 0 Å². The van der Waals surface area contributed by atoms with Crippen molar-refractivity contribution in [1.82, 2.24) is 4.98 Å². The summed E-state index contributed by atoms with van der Waals surface area (Å²) in [6.07, 6.45) is 1.93. The summed E-state index contributed by atoms with van der Waals surface area (Å²) in [5.41, 5.74) is 3.56. The van der Waals surface area contributed by atoms with E-state index in [0.29, 0.717) is 5.56 Å². The van der Waals surface area contributed by atoms with E-state index in [1.165, 1.54) is 23.0 Å². The van der Waals surface area contributed by atoms with Crippen LogP contribution in [0.4, 0.5) is 15.3 Å². The summed E-state index contributed by atoms with van der Waals surface area (Å²) in [5, 5.41) is 5.98.